The van der Waals surface area contributed by atoms with Crippen molar-refractivity contribution in [3.8, 4) is 5.75 Å². The number of carbonyl (C=O) groups is 2. The van der Waals surface area contributed by atoms with Gasteiger partial charge < -0.3 is 15.4 Å². The molecule has 13 heteroatoms. The molecule has 0 aromatic heterocycles. The maximum Gasteiger partial charge on any atom is 0.416 e. The number of hydrogen-bond donors (Lipinski definition) is 1. The number of nitrogens with two attached hydrogens (primary N) is 1. The van der Waals surface area contributed by atoms with Crippen molar-refractivity contribution >= 4 is 21.7 Å². The molecule has 0 spiro atoms. The van der Waals surface area contributed by atoms with Gasteiger partial charge in [0.25, 0.3) is 0 Å². The Kier molecular flexibility index (Phi) is 8.94. The Balaban J connectivity index is 1.42. The number of nitrogens with zero attached hydrogens (tertiary/aromatic N) is 1. The number of likely N-dealkylation sites (tertiary alicyclic amines) is 1. The lowest BCUT2D eigenvalue weighted by atomic mass is 9.81. The van der Waals surface area contributed by atoms with Gasteiger partial charge in [0.05, 0.1) is 10.5 Å². The Hall–Kier alpha value is -4.00. The molecule has 1 saturated carbocycles. The van der Waals surface area contributed by atoms with Crippen LogP contribution in [0.15, 0.2) is 71.6 Å². The maximum atomic E-state index is 14.3. The van der Waals surface area contributed by atoms with Gasteiger partial charge in [-0.05, 0) is 86.2 Å². The van der Waals surface area contributed by atoms with Gasteiger partial charge in [0.2, 0.25) is 11.8 Å². The number of rotatable bonds is 8. The molecule has 3 aromatic rings. The third kappa shape index (κ3) is 6.40. The zero-order valence-corrected chi connectivity index (χ0v) is 24.8. The lowest BCUT2D eigenvalue weighted by Gasteiger charge is -2.32. The lowest BCUT2D eigenvalue weighted by molar-refractivity contribution is -0.139. The Morgan fingerprint density at radius 2 is 1.53 bits per heavy atom. The molecule has 1 atom stereocenters. The van der Waals surface area contributed by atoms with Crippen molar-refractivity contribution in [1.29, 1.82) is 0 Å². The summed E-state index contributed by atoms with van der Waals surface area (Å²) in [6.45, 7) is -0.785. The second-order valence-corrected chi connectivity index (χ2v) is 13.7. The number of benzene rings is 3. The number of alkyl halides is 3. The van der Waals surface area contributed by atoms with Gasteiger partial charge in [-0.25, -0.2) is 17.2 Å². The first-order valence-electron chi connectivity index (χ1n) is 14.4. The first-order chi connectivity index (χ1) is 21.2. The normalized spacial score (nSPS) is 22.3. The predicted octanol–water partition coefficient (Wildman–Crippen LogP) is 5.76. The molecule has 2 N–H and O–H groups in total. The quantitative estimate of drug-likeness (QED) is 0.247. The van der Waals surface area contributed by atoms with E-state index in [1.54, 1.807) is 0 Å². The molecule has 7 nitrogen and oxygen atoms in total. The highest BCUT2D eigenvalue weighted by molar-refractivity contribution is 7.92. The summed E-state index contributed by atoms with van der Waals surface area (Å²) in [6, 6.07) is 12.7. The van der Waals surface area contributed by atoms with Crippen LogP contribution in [0.1, 0.15) is 48.8 Å². The number of hydrogen-bond acceptors (Lipinski definition) is 5. The summed E-state index contributed by atoms with van der Waals surface area (Å²) in [5.41, 5.74) is 3.89. The number of ether oxygens (including phenoxy) is 1. The van der Waals surface area contributed by atoms with Crippen molar-refractivity contribution in [3.63, 3.8) is 0 Å². The topological polar surface area (TPSA) is 107 Å². The predicted molar refractivity (Wildman–Crippen MR) is 153 cm³/mol. The highest BCUT2D eigenvalue weighted by Crippen LogP contribution is 2.45. The van der Waals surface area contributed by atoms with Gasteiger partial charge in [-0.15, -0.1) is 0 Å². The molecule has 1 heterocycles. The second-order valence-electron chi connectivity index (χ2n) is 11.5. The van der Waals surface area contributed by atoms with Crippen molar-refractivity contribution in [3.05, 3.63) is 95.1 Å². The van der Waals surface area contributed by atoms with Crippen molar-refractivity contribution in [2.75, 3.05) is 13.1 Å². The van der Waals surface area contributed by atoms with Gasteiger partial charge in [0.1, 0.15) is 28.7 Å². The summed E-state index contributed by atoms with van der Waals surface area (Å²) in [6.07, 6.45) is -2.93. The standard InChI is InChI=1S/C32H31F5N2O5S/c33-23-10-14-25(15-11-23)45(42,43)31(16-17-39(19-31)30(41)21-6-4-20(5-7-21)29(38)40)22-8-12-24(13-9-22)44-18-26-27(32(35,36)37)2-1-3-28(26)34/h1-3,8-15,20-21H,4-7,16-19H2,(H2,38,40)/t20?,21?,31-/m0/s1. The molecule has 1 aliphatic carbocycles. The first kappa shape index (κ1) is 32.4. The lowest BCUT2D eigenvalue weighted by Crippen LogP contribution is -2.43. The molecule has 240 valence electrons. The number of halogens is 5. The minimum atomic E-state index is -4.79. The van der Waals surface area contributed by atoms with Crippen LogP contribution in [-0.4, -0.2) is 38.2 Å². The average molecular weight is 651 g/mol. The molecule has 0 bridgehead atoms. The molecule has 2 amide bonds. The maximum absolute atomic E-state index is 14.3. The van der Waals surface area contributed by atoms with Gasteiger partial charge in [0.15, 0.2) is 9.84 Å². The van der Waals surface area contributed by atoms with E-state index in [0.717, 1.165) is 42.5 Å². The fraction of sp³-hybridized carbons (Fsp3) is 0.375. The minimum absolute atomic E-state index is 0.0272. The molecule has 3 aromatic carbocycles. The summed E-state index contributed by atoms with van der Waals surface area (Å²) in [5.74, 6) is -2.95. The van der Waals surface area contributed by atoms with Gasteiger partial charge in [-0.3, -0.25) is 9.59 Å². The largest absolute Gasteiger partial charge is 0.489 e. The molecule has 1 aliphatic heterocycles. The summed E-state index contributed by atoms with van der Waals surface area (Å²) >= 11 is 0. The average Bonchev–Trinajstić information content (AvgIpc) is 3.47. The number of primary amides is 1. The fourth-order valence-corrected chi connectivity index (χ4v) is 8.36. The summed E-state index contributed by atoms with van der Waals surface area (Å²) in [4.78, 5) is 26.5. The van der Waals surface area contributed by atoms with E-state index in [0.29, 0.717) is 31.2 Å². The number of carbonyl (C=O) groups excluding carboxylic acids is 2. The third-order valence-corrected chi connectivity index (χ3v) is 11.3. The first-order valence-corrected chi connectivity index (χ1v) is 15.9. The van der Waals surface area contributed by atoms with Crippen LogP contribution in [-0.2, 0) is 37.0 Å². The van der Waals surface area contributed by atoms with Crippen LogP contribution in [0.5, 0.6) is 5.75 Å². The SMILES string of the molecule is NC(=O)C1CCC(C(=O)N2CC[C@](c3ccc(OCc4c(F)cccc4C(F)(F)F)cc3)(S(=O)(=O)c3ccc(F)cc3)C2)CC1. The summed E-state index contributed by atoms with van der Waals surface area (Å²) in [7, 11) is -4.22. The van der Waals surface area contributed by atoms with Gasteiger partial charge in [0, 0.05) is 30.5 Å². The molecule has 5 rings (SSSR count). The highest BCUT2D eigenvalue weighted by atomic mass is 32.2. The summed E-state index contributed by atoms with van der Waals surface area (Å²) < 4.78 is 100. The Morgan fingerprint density at radius 1 is 0.911 bits per heavy atom. The Morgan fingerprint density at radius 3 is 2.13 bits per heavy atom. The molecule has 0 radical (unpaired) electrons. The zero-order chi connectivity index (χ0) is 32.6. The van der Waals surface area contributed by atoms with Crippen molar-refractivity contribution in [1.82, 2.24) is 4.90 Å². The molecular weight excluding hydrogens is 619 g/mol. The van der Waals surface area contributed by atoms with E-state index in [1.165, 1.54) is 29.2 Å². The van der Waals surface area contributed by atoms with Gasteiger partial charge >= 0.3 is 6.18 Å². The van der Waals surface area contributed by atoms with Crippen LogP contribution in [0.2, 0.25) is 0 Å². The number of sulfone groups is 1. The third-order valence-electron chi connectivity index (χ3n) is 8.85. The van der Waals surface area contributed by atoms with Crippen LogP contribution < -0.4 is 10.5 Å². The molecule has 2 fully saturated rings. The second kappa shape index (κ2) is 12.4. The van der Waals surface area contributed by atoms with E-state index in [2.05, 4.69) is 0 Å². The van der Waals surface area contributed by atoms with Crippen LogP contribution in [0.4, 0.5) is 22.0 Å². The Bertz CT molecular complexity index is 1670. The van der Waals surface area contributed by atoms with Crippen LogP contribution >= 0.6 is 0 Å². The van der Waals surface area contributed by atoms with E-state index >= 15 is 0 Å². The number of amides is 2. The molecule has 1 saturated heterocycles. The van der Waals surface area contributed by atoms with E-state index in [-0.39, 0.29) is 47.9 Å². The molecule has 2 aliphatic rings. The highest BCUT2D eigenvalue weighted by Gasteiger charge is 2.52. The van der Waals surface area contributed by atoms with E-state index in [4.69, 9.17) is 10.5 Å². The molecule has 0 unspecified atom stereocenters. The van der Waals surface area contributed by atoms with E-state index in [9.17, 15) is 40.0 Å². The van der Waals surface area contributed by atoms with E-state index < -0.39 is 56.0 Å². The fourth-order valence-electron chi connectivity index (χ4n) is 6.28. The smallest absolute Gasteiger partial charge is 0.416 e. The van der Waals surface area contributed by atoms with E-state index in [1.807, 2.05) is 0 Å². The monoisotopic (exact) mass is 650 g/mol. The van der Waals surface area contributed by atoms with Crippen LogP contribution in [0.25, 0.3) is 0 Å². The Labute approximate surface area is 257 Å². The van der Waals surface area contributed by atoms with Crippen molar-refractivity contribution < 1.29 is 44.7 Å². The minimum Gasteiger partial charge on any atom is -0.489 e. The van der Waals surface area contributed by atoms with Crippen LogP contribution in [0.3, 0.4) is 0 Å². The van der Waals surface area contributed by atoms with Gasteiger partial charge in [-0.1, -0.05) is 18.2 Å². The van der Waals surface area contributed by atoms with Crippen molar-refractivity contribution in [2.24, 2.45) is 17.6 Å². The van der Waals surface area contributed by atoms with Gasteiger partial charge in [-0.2, -0.15) is 13.2 Å². The van der Waals surface area contributed by atoms with Crippen LogP contribution in [0, 0.1) is 23.5 Å². The summed E-state index contributed by atoms with van der Waals surface area (Å²) in [5, 5.41) is 0. The zero-order valence-electron chi connectivity index (χ0n) is 24.0. The molecule has 45 heavy (non-hydrogen) atoms. The van der Waals surface area contributed by atoms with Crippen molar-refractivity contribution in [2.45, 2.75) is 54.5 Å². The molecular formula is C32H31F5N2O5S.